The lowest BCUT2D eigenvalue weighted by Gasteiger charge is -2.24. The van der Waals surface area contributed by atoms with Crippen LogP contribution in [-0.2, 0) is 4.79 Å². The molecular weight excluding hydrogens is 369 g/mol. The summed E-state index contributed by atoms with van der Waals surface area (Å²) < 4.78 is 14.8. The smallest absolute Gasteiger partial charge is 0.239 e. The van der Waals surface area contributed by atoms with Gasteiger partial charge in [0.25, 0.3) is 0 Å². The molecular formula is C22H20FN5O. The molecule has 0 aliphatic carbocycles. The van der Waals surface area contributed by atoms with E-state index in [1.54, 1.807) is 16.8 Å². The van der Waals surface area contributed by atoms with Gasteiger partial charge >= 0.3 is 0 Å². The first kappa shape index (κ1) is 18.8. The number of hydrogen-bond donors (Lipinski definition) is 1. The third-order valence-corrected chi connectivity index (χ3v) is 5.11. The number of nitriles is 1. The maximum atomic E-state index is 13.2. The summed E-state index contributed by atoms with van der Waals surface area (Å²) in [7, 11) is 0. The van der Waals surface area contributed by atoms with Gasteiger partial charge in [0.05, 0.1) is 18.4 Å². The van der Waals surface area contributed by atoms with E-state index in [0.29, 0.717) is 11.4 Å². The van der Waals surface area contributed by atoms with E-state index in [1.165, 1.54) is 18.3 Å². The zero-order chi connectivity index (χ0) is 20.2. The van der Waals surface area contributed by atoms with Gasteiger partial charge in [0.1, 0.15) is 17.4 Å². The molecule has 1 aliphatic heterocycles. The minimum atomic E-state index is -0.269. The Kier molecular flexibility index (Phi) is 5.36. The third kappa shape index (κ3) is 4.03. The molecule has 0 bridgehead atoms. The molecule has 4 rings (SSSR count). The number of para-hydroxylation sites is 1. The van der Waals surface area contributed by atoms with E-state index in [-0.39, 0.29) is 24.3 Å². The summed E-state index contributed by atoms with van der Waals surface area (Å²) in [5, 5.41) is 16.5. The number of carbonyl (C=O) groups excluding carboxylic acids is 1. The van der Waals surface area contributed by atoms with Crippen molar-refractivity contribution in [1.82, 2.24) is 14.7 Å². The van der Waals surface area contributed by atoms with Crippen molar-refractivity contribution in [1.29, 1.82) is 5.26 Å². The van der Waals surface area contributed by atoms with E-state index in [1.807, 2.05) is 30.3 Å². The fourth-order valence-electron chi connectivity index (χ4n) is 3.75. The number of hydrogen-bond acceptors (Lipinski definition) is 4. The average Bonchev–Trinajstić information content (AvgIpc) is 3.36. The van der Waals surface area contributed by atoms with E-state index in [9.17, 15) is 14.4 Å². The Bertz CT molecular complexity index is 1040. The molecule has 1 amide bonds. The summed E-state index contributed by atoms with van der Waals surface area (Å²) in [6.45, 7) is 0.978. The van der Waals surface area contributed by atoms with Crippen LogP contribution in [0.25, 0.3) is 5.69 Å². The average molecular weight is 389 g/mol. The van der Waals surface area contributed by atoms with Gasteiger partial charge in [-0.3, -0.25) is 9.69 Å². The van der Waals surface area contributed by atoms with Crippen LogP contribution in [0.4, 0.5) is 10.2 Å². The standard InChI is InChI=1S/C22H20FN5O/c23-18-10-8-16(9-11-18)20-7-4-12-27(20)15-21(29)26-22-17(13-24)14-25-28(22)19-5-2-1-3-6-19/h1-3,5-6,8-11,14,20H,4,7,12,15H2,(H,26,29). The van der Waals surface area contributed by atoms with E-state index in [2.05, 4.69) is 21.4 Å². The topological polar surface area (TPSA) is 74.0 Å². The molecule has 0 radical (unpaired) electrons. The lowest BCUT2D eigenvalue weighted by atomic mass is 10.0. The first-order chi connectivity index (χ1) is 14.2. The number of halogens is 1. The summed E-state index contributed by atoms with van der Waals surface area (Å²) in [5.41, 5.74) is 2.07. The van der Waals surface area contributed by atoms with Crippen LogP contribution in [0.1, 0.15) is 30.0 Å². The number of amides is 1. The van der Waals surface area contributed by atoms with Crippen molar-refractivity contribution >= 4 is 11.7 Å². The molecule has 1 saturated heterocycles. The molecule has 6 nitrogen and oxygen atoms in total. The number of aromatic nitrogens is 2. The molecule has 1 atom stereocenters. The summed E-state index contributed by atoms with van der Waals surface area (Å²) in [6.07, 6.45) is 3.34. The highest BCUT2D eigenvalue weighted by Crippen LogP contribution is 2.31. The Morgan fingerprint density at radius 1 is 1.21 bits per heavy atom. The molecule has 7 heteroatoms. The molecule has 1 fully saturated rings. The lowest BCUT2D eigenvalue weighted by molar-refractivity contribution is -0.117. The van der Waals surface area contributed by atoms with Crippen LogP contribution >= 0.6 is 0 Å². The fraction of sp³-hybridized carbons (Fsp3) is 0.227. The summed E-state index contributed by atoms with van der Waals surface area (Å²) in [4.78, 5) is 14.9. The van der Waals surface area contributed by atoms with Gasteiger partial charge in [-0.2, -0.15) is 10.4 Å². The Morgan fingerprint density at radius 3 is 2.69 bits per heavy atom. The Balaban J connectivity index is 1.51. The molecule has 0 spiro atoms. The molecule has 1 unspecified atom stereocenters. The highest BCUT2D eigenvalue weighted by molar-refractivity contribution is 5.93. The number of rotatable bonds is 5. The Morgan fingerprint density at radius 2 is 1.97 bits per heavy atom. The molecule has 3 aromatic rings. The van der Waals surface area contributed by atoms with Gasteiger partial charge in [-0.1, -0.05) is 30.3 Å². The quantitative estimate of drug-likeness (QED) is 0.723. The monoisotopic (exact) mass is 389 g/mol. The maximum Gasteiger partial charge on any atom is 0.239 e. The van der Waals surface area contributed by atoms with Gasteiger partial charge in [0.15, 0.2) is 5.82 Å². The van der Waals surface area contributed by atoms with E-state index >= 15 is 0 Å². The molecule has 1 N–H and O–H groups in total. The first-order valence-corrected chi connectivity index (χ1v) is 9.48. The maximum absolute atomic E-state index is 13.2. The van der Waals surface area contributed by atoms with Gasteiger partial charge in [0.2, 0.25) is 5.91 Å². The number of carbonyl (C=O) groups is 1. The molecule has 1 aromatic heterocycles. The van der Waals surface area contributed by atoms with Crippen molar-refractivity contribution in [3.8, 4) is 11.8 Å². The van der Waals surface area contributed by atoms with Gasteiger partial charge < -0.3 is 5.32 Å². The summed E-state index contributed by atoms with van der Waals surface area (Å²) >= 11 is 0. The van der Waals surface area contributed by atoms with Crippen LogP contribution < -0.4 is 5.32 Å². The second kappa shape index (κ2) is 8.25. The van der Waals surface area contributed by atoms with Gasteiger partial charge in [-0.15, -0.1) is 0 Å². The first-order valence-electron chi connectivity index (χ1n) is 9.48. The van der Waals surface area contributed by atoms with Crippen LogP contribution in [0.3, 0.4) is 0 Å². The van der Waals surface area contributed by atoms with Crippen LogP contribution in [0.15, 0.2) is 60.8 Å². The molecule has 0 saturated carbocycles. The van der Waals surface area contributed by atoms with E-state index in [0.717, 1.165) is 30.6 Å². The highest BCUT2D eigenvalue weighted by atomic mass is 19.1. The normalized spacial score (nSPS) is 16.5. The predicted molar refractivity (Wildman–Crippen MR) is 107 cm³/mol. The number of nitrogens with one attached hydrogen (secondary N) is 1. The second-order valence-electron chi connectivity index (χ2n) is 6.99. The fourth-order valence-corrected chi connectivity index (χ4v) is 3.75. The van der Waals surface area contributed by atoms with Crippen molar-refractivity contribution < 1.29 is 9.18 Å². The van der Waals surface area contributed by atoms with Crippen molar-refractivity contribution in [3.63, 3.8) is 0 Å². The number of benzene rings is 2. The molecule has 2 heterocycles. The van der Waals surface area contributed by atoms with Crippen LogP contribution in [0.5, 0.6) is 0 Å². The zero-order valence-corrected chi connectivity index (χ0v) is 15.8. The third-order valence-electron chi connectivity index (χ3n) is 5.11. The van der Waals surface area contributed by atoms with Crippen LogP contribution in [0.2, 0.25) is 0 Å². The number of anilines is 1. The van der Waals surface area contributed by atoms with Gasteiger partial charge in [-0.05, 0) is 49.2 Å². The van der Waals surface area contributed by atoms with Crippen molar-refractivity contribution in [2.24, 2.45) is 0 Å². The van der Waals surface area contributed by atoms with Crippen molar-refractivity contribution in [3.05, 3.63) is 77.7 Å². The predicted octanol–water partition coefficient (Wildman–Crippen LogP) is 3.66. The van der Waals surface area contributed by atoms with Gasteiger partial charge in [-0.25, -0.2) is 9.07 Å². The largest absolute Gasteiger partial charge is 0.308 e. The summed E-state index contributed by atoms with van der Waals surface area (Å²) in [5.74, 6) is -0.122. The summed E-state index contributed by atoms with van der Waals surface area (Å²) in [6, 6.07) is 17.9. The second-order valence-corrected chi connectivity index (χ2v) is 6.99. The van der Waals surface area contributed by atoms with E-state index in [4.69, 9.17) is 0 Å². The SMILES string of the molecule is N#Cc1cnn(-c2ccccc2)c1NC(=O)CN1CCCC1c1ccc(F)cc1. The molecule has 146 valence electrons. The Labute approximate surface area is 168 Å². The van der Waals surface area contributed by atoms with E-state index < -0.39 is 0 Å². The zero-order valence-electron chi connectivity index (χ0n) is 15.8. The minimum Gasteiger partial charge on any atom is -0.308 e. The number of nitrogens with zero attached hydrogens (tertiary/aromatic N) is 4. The lowest BCUT2D eigenvalue weighted by Crippen LogP contribution is -2.33. The van der Waals surface area contributed by atoms with Crippen molar-refractivity contribution in [2.75, 3.05) is 18.4 Å². The Hall–Kier alpha value is -3.50. The minimum absolute atomic E-state index is 0.0795. The van der Waals surface area contributed by atoms with Gasteiger partial charge in [0, 0.05) is 6.04 Å². The molecule has 1 aliphatic rings. The molecule has 2 aromatic carbocycles. The van der Waals surface area contributed by atoms with Crippen LogP contribution in [0, 0.1) is 17.1 Å². The highest BCUT2D eigenvalue weighted by Gasteiger charge is 2.28. The molecule has 29 heavy (non-hydrogen) atoms. The van der Waals surface area contributed by atoms with Crippen molar-refractivity contribution in [2.45, 2.75) is 18.9 Å². The van der Waals surface area contributed by atoms with Crippen LogP contribution in [-0.4, -0.2) is 33.7 Å². The number of likely N-dealkylation sites (tertiary alicyclic amines) is 1.